The molecule has 258 valence electrons. The number of para-hydroxylation sites is 1. The molecule has 1 heterocycles. The number of furan rings is 1. The highest BCUT2D eigenvalue weighted by atomic mass is 16.3. The van der Waals surface area contributed by atoms with E-state index >= 15 is 0 Å². The molecule has 2 heteroatoms. The van der Waals surface area contributed by atoms with E-state index in [1.54, 1.807) is 0 Å². The minimum atomic E-state index is -0.434. The Balaban J connectivity index is 1.12. The smallest absolute Gasteiger partial charge is 0.135 e. The summed E-state index contributed by atoms with van der Waals surface area (Å²) in [5, 5.41) is 4.67. The van der Waals surface area contributed by atoms with Crippen molar-refractivity contribution in [3.05, 3.63) is 235 Å². The Bertz CT molecular complexity index is 2980. The molecule has 11 rings (SSSR count). The summed E-state index contributed by atoms with van der Waals surface area (Å²) in [6.45, 7) is 0. The van der Waals surface area contributed by atoms with Crippen molar-refractivity contribution in [3.63, 3.8) is 0 Å². The monoisotopic (exact) mass is 701 g/mol. The molecule has 10 aromatic rings. The summed E-state index contributed by atoms with van der Waals surface area (Å²) in [4.78, 5) is 2.37. The molecule has 1 aliphatic carbocycles. The van der Waals surface area contributed by atoms with Gasteiger partial charge in [-0.3, -0.25) is 0 Å². The summed E-state index contributed by atoms with van der Waals surface area (Å²) in [5.74, 6) is 0. The van der Waals surface area contributed by atoms with Gasteiger partial charge >= 0.3 is 0 Å². The van der Waals surface area contributed by atoms with Gasteiger partial charge in [0.05, 0.1) is 5.41 Å². The standard InChI is InChI=1S/C53H35NO/c1-4-14-36(15-5-1)37-24-27-41(28-25-37)54(43-30-33-51-47(35-43)45-20-11-13-23-50(45)55-51)42-29-31-44-38(34-42)26-32-49-52(44)46-21-10-12-22-48(46)53(49,39-16-6-2-7-17-39)40-18-8-3-9-19-40/h1-35H. The maximum atomic E-state index is 6.25. The average molecular weight is 702 g/mol. The van der Waals surface area contributed by atoms with E-state index in [4.69, 9.17) is 4.42 Å². The van der Waals surface area contributed by atoms with Gasteiger partial charge < -0.3 is 9.32 Å². The van der Waals surface area contributed by atoms with Crippen LogP contribution in [-0.4, -0.2) is 0 Å². The second kappa shape index (κ2) is 12.5. The molecule has 1 aromatic heterocycles. The number of fused-ring (bicyclic) bond motifs is 8. The molecular weight excluding hydrogens is 667 g/mol. The SMILES string of the molecule is c1ccc(-c2ccc(N(c3ccc4c5c(ccc4c3)C(c3ccccc3)(c3ccccc3)c3ccccc3-5)c3ccc4oc5ccccc5c4c3)cc2)cc1. The van der Waals surface area contributed by atoms with Gasteiger partial charge in [0.1, 0.15) is 11.2 Å². The molecule has 0 saturated heterocycles. The molecule has 0 atom stereocenters. The third-order valence-electron chi connectivity index (χ3n) is 11.5. The van der Waals surface area contributed by atoms with E-state index < -0.39 is 5.41 Å². The lowest BCUT2D eigenvalue weighted by Crippen LogP contribution is -2.28. The Morgan fingerprint density at radius 1 is 0.364 bits per heavy atom. The average Bonchev–Trinajstić information content (AvgIpc) is 3.79. The van der Waals surface area contributed by atoms with Crippen LogP contribution in [0.25, 0.3) is 55.0 Å². The molecule has 0 bridgehead atoms. The van der Waals surface area contributed by atoms with Crippen LogP contribution >= 0.6 is 0 Å². The van der Waals surface area contributed by atoms with Crippen molar-refractivity contribution in [2.75, 3.05) is 4.90 Å². The van der Waals surface area contributed by atoms with Gasteiger partial charge in [-0.1, -0.05) is 164 Å². The van der Waals surface area contributed by atoms with E-state index in [0.29, 0.717) is 0 Å². The predicted octanol–water partition coefficient (Wildman–Crippen LogP) is 14.2. The Kier molecular flexibility index (Phi) is 7.11. The van der Waals surface area contributed by atoms with Gasteiger partial charge in [-0.2, -0.15) is 0 Å². The van der Waals surface area contributed by atoms with Crippen molar-refractivity contribution >= 4 is 49.8 Å². The molecule has 1 aliphatic rings. The van der Waals surface area contributed by atoms with Crippen LogP contribution in [0.15, 0.2) is 217 Å². The zero-order valence-electron chi connectivity index (χ0n) is 30.1. The minimum absolute atomic E-state index is 0.434. The van der Waals surface area contributed by atoms with Crippen LogP contribution in [0.4, 0.5) is 17.1 Å². The second-order valence-electron chi connectivity index (χ2n) is 14.4. The maximum absolute atomic E-state index is 6.25. The first-order valence-electron chi connectivity index (χ1n) is 18.9. The zero-order valence-corrected chi connectivity index (χ0v) is 30.1. The lowest BCUT2D eigenvalue weighted by atomic mass is 9.67. The van der Waals surface area contributed by atoms with Gasteiger partial charge in [-0.15, -0.1) is 0 Å². The molecule has 0 saturated carbocycles. The van der Waals surface area contributed by atoms with Crippen LogP contribution in [0, 0.1) is 0 Å². The van der Waals surface area contributed by atoms with Gasteiger partial charge in [-0.05, 0) is 104 Å². The lowest BCUT2D eigenvalue weighted by molar-refractivity contribution is 0.669. The van der Waals surface area contributed by atoms with Crippen LogP contribution in [-0.2, 0) is 5.41 Å². The van der Waals surface area contributed by atoms with Crippen molar-refractivity contribution in [1.29, 1.82) is 0 Å². The predicted molar refractivity (Wildman–Crippen MR) is 229 cm³/mol. The fourth-order valence-electron chi connectivity index (χ4n) is 9.13. The van der Waals surface area contributed by atoms with Gasteiger partial charge in [-0.25, -0.2) is 0 Å². The van der Waals surface area contributed by atoms with Crippen LogP contribution in [0.5, 0.6) is 0 Å². The number of benzene rings is 9. The first-order valence-corrected chi connectivity index (χ1v) is 18.9. The third kappa shape index (κ3) is 4.82. The van der Waals surface area contributed by atoms with Crippen LogP contribution in [0.1, 0.15) is 22.3 Å². The second-order valence-corrected chi connectivity index (χ2v) is 14.4. The Morgan fingerprint density at radius 3 is 1.71 bits per heavy atom. The highest BCUT2D eigenvalue weighted by Gasteiger charge is 2.46. The summed E-state index contributed by atoms with van der Waals surface area (Å²) in [6.07, 6.45) is 0. The van der Waals surface area contributed by atoms with Crippen LogP contribution in [0.2, 0.25) is 0 Å². The highest BCUT2D eigenvalue weighted by Crippen LogP contribution is 2.58. The topological polar surface area (TPSA) is 16.4 Å². The number of anilines is 3. The molecule has 9 aromatic carbocycles. The van der Waals surface area contributed by atoms with E-state index in [1.165, 1.54) is 55.3 Å². The van der Waals surface area contributed by atoms with Crippen LogP contribution in [0.3, 0.4) is 0 Å². The first-order chi connectivity index (χ1) is 27.3. The van der Waals surface area contributed by atoms with Crippen molar-refractivity contribution in [3.8, 4) is 22.3 Å². The maximum Gasteiger partial charge on any atom is 0.135 e. The Labute approximate surface area is 320 Å². The van der Waals surface area contributed by atoms with E-state index in [1.807, 2.05) is 12.1 Å². The number of nitrogens with zero attached hydrogens (tertiary/aromatic N) is 1. The van der Waals surface area contributed by atoms with Crippen LogP contribution < -0.4 is 4.90 Å². The van der Waals surface area contributed by atoms with E-state index in [-0.39, 0.29) is 0 Å². The minimum Gasteiger partial charge on any atom is -0.456 e. The normalized spacial score (nSPS) is 12.9. The zero-order chi connectivity index (χ0) is 36.3. The number of hydrogen-bond acceptors (Lipinski definition) is 2. The highest BCUT2D eigenvalue weighted by molar-refractivity contribution is 6.08. The van der Waals surface area contributed by atoms with Crippen molar-refractivity contribution in [1.82, 2.24) is 0 Å². The summed E-state index contributed by atoms with van der Waals surface area (Å²) in [5.41, 5.74) is 14.8. The van der Waals surface area contributed by atoms with Gasteiger partial charge in [0, 0.05) is 27.8 Å². The van der Waals surface area contributed by atoms with Crippen molar-refractivity contribution < 1.29 is 4.42 Å². The fraction of sp³-hybridized carbons (Fsp3) is 0.0189. The Hall–Kier alpha value is -7.16. The summed E-state index contributed by atoms with van der Waals surface area (Å²) in [7, 11) is 0. The molecule has 0 fully saturated rings. The first kappa shape index (κ1) is 31.4. The summed E-state index contributed by atoms with van der Waals surface area (Å²) in [6, 6.07) is 77.0. The van der Waals surface area contributed by atoms with Gasteiger partial charge in [0.2, 0.25) is 0 Å². The molecule has 0 N–H and O–H groups in total. The van der Waals surface area contributed by atoms with Crippen molar-refractivity contribution in [2.45, 2.75) is 5.41 Å². The summed E-state index contributed by atoms with van der Waals surface area (Å²) >= 11 is 0. The van der Waals surface area contributed by atoms with E-state index in [2.05, 4.69) is 205 Å². The molecule has 0 radical (unpaired) electrons. The number of hydrogen-bond donors (Lipinski definition) is 0. The quantitative estimate of drug-likeness (QED) is 0.172. The van der Waals surface area contributed by atoms with Gasteiger partial charge in [0.15, 0.2) is 0 Å². The van der Waals surface area contributed by atoms with Gasteiger partial charge in [0.25, 0.3) is 0 Å². The molecule has 0 aliphatic heterocycles. The lowest BCUT2D eigenvalue weighted by Gasteiger charge is -2.34. The largest absolute Gasteiger partial charge is 0.456 e. The fourth-order valence-corrected chi connectivity index (χ4v) is 9.13. The molecule has 55 heavy (non-hydrogen) atoms. The summed E-state index contributed by atoms with van der Waals surface area (Å²) < 4.78 is 6.25. The molecule has 0 spiro atoms. The van der Waals surface area contributed by atoms with E-state index in [9.17, 15) is 0 Å². The molecule has 0 unspecified atom stereocenters. The molecular formula is C53H35NO. The van der Waals surface area contributed by atoms with E-state index in [0.717, 1.165) is 39.0 Å². The van der Waals surface area contributed by atoms with Crippen molar-refractivity contribution in [2.24, 2.45) is 0 Å². The molecule has 2 nitrogen and oxygen atoms in total. The molecule has 0 amide bonds. The Morgan fingerprint density at radius 2 is 0.945 bits per heavy atom. The number of rotatable bonds is 6. The third-order valence-corrected chi connectivity index (χ3v) is 11.5.